The minimum atomic E-state index is 0.0613. The molecule has 0 spiro atoms. The van der Waals surface area contributed by atoms with Crippen LogP contribution in [0.4, 0.5) is 0 Å². The van der Waals surface area contributed by atoms with Gasteiger partial charge in [-0.25, -0.2) is 0 Å². The van der Waals surface area contributed by atoms with E-state index in [9.17, 15) is 0 Å². The highest BCUT2D eigenvalue weighted by Gasteiger charge is 2.28. The van der Waals surface area contributed by atoms with E-state index in [-0.39, 0.29) is 14.0 Å². The van der Waals surface area contributed by atoms with Crippen LogP contribution in [0.2, 0.25) is 0 Å². The van der Waals surface area contributed by atoms with Crippen LogP contribution in [-0.2, 0) is 0 Å². The van der Waals surface area contributed by atoms with Crippen LogP contribution in [0.5, 0.6) is 0 Å². The van der Waals surface area contributed by atoms with E-state index in [4.69, 9.17) is 0 Å². The lowest BCUT2D eigenvalue weighted by molar-refractivity contribution is 0.743. The molecule has 0 amide bonds. The van der Waals surface area contributed by atoms with Gasteiger partial charge in [-0.1, -0.05) is 60.7 Å². The fourth-order valence-electron chi connectivity index (χ4n) is 2.03. The molecule has 2 aromatic rings. The minimum Gasteiger partial charge on any atom is -0.285 e. The monoisotopic (exact) mass is 236 g/mol. The van der Waals surface area contributed by atoms with Gasteiger partial charge in [-0.3, -0.25) is 21.3 Å². The number of rotatable bonds is 2. The Morgan fingerprint density at radius 1 is 0.500 bits per heavy atom. The molecule has 1 fully saturated rings. The zero-order valence-electron chi connectivity index (χ0n) is 9.93. The van der Waals surface area contributed by atoms with Crippen molar-refractivity contribution in [1.29, 1.82) is 0 Å². The molecule has 2 aromatic carbocycles. The van der Waals surface area contributed by atoms with Gasteiger partial charge in [-0.2, -0.15) is 0 Å². The lowest BCUT2D eigenvalue weighted by atomic mass is 9.64. The van der Waals surface area contributed by atoms with Crippen LogP contribution in [0.15, 0.2) is 60.7 Å². The molecule has 4 nitrogen and oxygen atoms in total. The molecule has 0 atom stereocenters. The molecule has 1 aliphatic heterocycles. The molecular formula is C12H14B2N4. The summed E-state index contributed by atoms with van der Waals surface area (Å²) in [5.74, 6) is 0. The van der Waals surface area contributed by atoms with Crippen molar-refractivity contribution in [3.05, 3.63) is 60.7 Å². The second kappa shape index (κ2) is 5.37. The van der Waals surface area contributed by atoms with Crippen LogP contribution in [0.1, 0.15) is 0 Å². The van der Waals surface area contributed by atoms with Gasteiger partial charge in [0, 0.05) is 0 Å². The van der Waals surface area contributed by atoms with E-state index in [1.54, 1.807) is 0 Å². The average Bonchev–Trinajstić information content (AvgIpc) is 2.49. The SMILES string of the molecule is c1ccc(B2NNB(c3ccccc3)NN2)cc1. The smallest absolute Gasteiger partial charge is 0.285 e. The van der Waals surface area contributed by atoms with Crippen LogP contribution in [0.25, 0.3) is 0 Å². The van der Waals surface area contributed by atoms with E-state index in [0.29, 0.717) is 0 Å². The maximum Gasteiger partial charge on any atom is 0.367 e. The molecule has 0 unspecified atom stereocenters. The summed E-state index contributed by atoms with van der Waals surface area (Å²) in [6.45, 7) is 0.123. The molecule has 3 rings (SSSR count). The Hall–Kier alpha value is -1.59. The molecule has 88 valence electrons. The van der Waals surface area contributed by atoms with Crippen molar-refractivity contribution in [2.24, 2.45) is 0 Å². The van der Waals surface area contributed by atoms with Crippen molar-refractivity contribution in [2.75, 3.05) is 0 Å². The normalized spacial score (nSPS) is 15.8. The zero-order valence-corrected chi connectivity index (χ0v) is 9.93. The highest BCUT2D eigenvalue weighted by molar-refractivity contribution is 6.75. The summed E-state index contributed by atoms with van der Waals surface area (Å²) in [7, 11) is 0. The number of hydrogen-bond acceptors (Lipinski definition) is 4. The fraction of sp³-hybridized carbons (Fsp3) is 0. The minimum absolute atomic E-state index is 0.0613. The first-order valence-electron chi connectivity index (χ1n) is 6.05. The molecular weight excluding hydrogens is 222 g/mol. The maximum absolute atomic E-state index is 3.26. The highest BCUT2D eigenvalue weighted by Crippen LogP contribution is 1.87. The van der Waals surface area contributed by atoms with Crippen LogP contribution < -0.4 is 32.3 Å². The Morgan fingerprint density at radius 3 is 1.17 bits per heavy atom. The van der Waals surface area contributed by atoms with E-state index < -0.39 is 0 Å². The van der Waals surface area contributed by atoms with Crippen LogP contribution in [0, 0.1) is 0 Å². The summed E-state index contributed by atoms with van der Waals surface area (Å²) >= 11 is 0. The summed E-state index contributed by atoms with van der Waals surface area (Å²) in [5.41, 5.74) is 2.37. The highest BCUT2D eigenvalue weighted by atomic mass is 15.5. The lowest BCUT2D eigenvalue weighted by Crippen LogP contribution is -2.79. The molecule has 1 saturated heterocycles. The number of hydrogen-bond donors (Lipinski definition) is 4. The molecule has 0 aliphatic carbocycles. The molecule has 6 heteroatoms. The van der Waals surface area contributed by atoms with Crippen molar-refractivity contribution in [1.82, 2.24) is 21.3 Å². The number of nitrogens with one attached hydrogen (secondary N) is 4. The quantitative estimate of drug-likeness (QED) is 0.504. The fourth-order valence-corrected chi connectivity index (χ4v) is 2.03. The first kappa shape index (κ1) is 11.5. The molecule has 1 heterocycles. The van der Waals surface area contributed by atoms with E-state index >= 15 is 0 Å². The van der Waals surface area contributed by atoms with E-state index in [0.717, 1.165) is 0 Å². The van der Waals surface area contributed by atoms with E-state index in [1.807, 2.05) is 36.4 Å². The van der Waals surface area contributed by atoms with Crippen molar-refractivity contribution >= 4 is 24.9 Å². The van der Waals surface area contributed by atoms with Gasteiger partial charge in [0.15, 0.2) is 0 Å². The second-order valence-electron chi connectivity index (χ2n) is 4.26. The van der Waals surface area contributed by atoms with Gasteiger partial charge in [-0.05, 0) is 10.9 Å². The maximum atomic E-state index is 3.26. The van der Waals surface area contributed by atoms with Gasteiger partial charge in [-0.15, -0.1) is 0 Å². The van der Waals surface area contributed by atoms with Crippen molar-refractivity contribution in [3.8, 4) is 0 Å². The molecule has 0 radical (unpaired) electrons. The molecule has 0 aromatic heterocycles. The van der Waals surface area contributed by atoms with E-state index in [1.165, 1.54) is 10.9 Å². The third-order valence-electron chi connectivity index (χ3n) is 3.01. The van der Waals surface area contributed by atoms with Gasteiger partial charge in [0.05, 0.1) is 0 Å². The third kappa shape index (κ3) is 2.47. The van der Waals surface area contributed by atoms with Gasteiger partial charge in [0.1, 0.15) is 0 Å². The third-order valence-corrected chi connectivity index (χ3v) is 3.01. The standard InChI is InChI=1S/C12H14B2N4/c1-3-7-11(8-4-1)13-15-17-14(18-16-13)12-9-5-2-6-10-12/h1-10,15-18H. The first-order valence-corrected chi connectivity index (χ1v) is 6.05. The summed E-state index contributed by atoms with van der Waals surface area (Å²) in [6.07, 6.45) is 0. The predicted octanol–water partition coefficient (Wildman–Crippen LogP) is -1.02. The molecule has 1 aliphatic rings. The summed E-state index contributed by atoms with van der Waals surface area (Å²) < 4.78 is 0. The largest absolute Gasteiger partial charge is 0.367 e. The van der Waals surface area contributed by atoms with Gasteiger partial charge >= 0.3 is 14.0 Å². The van der Waals surface area contributed by atoms with Crippen molar-refractivity contribution in [2.45, 2.75) is 0 Å². The lowest BCUT2D eigenvalue weighted by Gasteiger charge is -2.29. The van der Waals surface area contributed by atoms with Gasteiger partial charge in [0.25, 0.3) is 0 Å². The van der Waals surface area contributed by atoms with Crippen LogP contribution in [0.3, 0.4) is 0 Å². The Labute approximate surface area is 107 Å². The Bertz CT molecular complexity index is 438. The van der Waals surface area contributed by atoms with Crippen molar-refractivity contribution in [3.63, 3.8) is 0 Å². The molecule has 4 N–H and O–H groups in total. The number of benzene rings is 2. The molecule has 0 saturated carbocycles. The number of hydrazine groups is 2. The second-order valence-corrected chi connectivity index (χ2v) is 4.26. The Balaban J connectivity index is 1.65. The Kier molecular flexibility index (Phi) is 3.43. The summed E-state index contributed by atoms with van der Waals surface area (Å²) in [4.78, 5) is 0. The summed E-state index contributed by atoms with van der Waals surface area (Å²) in [6, 6.07) is 20.5. The first-order chi connectivity index (χ1) is 8.93. The van der Waals surface area contributed by atoms with Gasteiger partial charge < -0.3 is 0 Å². The average molecular weight is 236 g/mol. The molecule has 0 bridgehead atoms. The van der Waals surface area contributed by atoms with Gasteiger partial charge in [0.2, 0.25) is 0 Å². The Morgan fingerprint density at radius 2 is 0.833 bits per heavy atom. The topological polar surface area (TPSA) is 48.1 Å². The van der Waals surface area contributed by atoms with Crippen LogP contribution >= 0.6 is 0 Å². The predicted molar refractivity (Wildman–Crippen MR) is 76.2 cm³/mol. The van der Waals surface area contributed by atoms with E-state index in [2.05, 4.69) is 45.6 Å². The summed E-state index contributed by atoms with van der Waals surface area (Å²) in [5, 5.41) is 13.0. The molecule has 18 heavy (non-hydrogen) atoms. The zero-order chi connectivity index (χ0) is 12.2. The van der Waals surface area contributed by atoms with Crippen molar-refractivity contribution < 1.29 is 0 Å². The van der Waals surface area contributed by atoms with Crippen LogP contribution in [-0.4, -0.2) is 14.0 Å².